The number of anilines is 1. The molecule has 3 rings (SSSR count). The van der Waals surface area contributed by atoms with Crippen LogP contribution >= 0.6 is 11.8 Å². The highest BCUT2D eigenvalue weighted by Gasteiger charge is 2.37. The first-order chi connectivity index (χ1) is 10.7. The van der Waals surface area contributed by atoms with Crippen LogP contribution in [0.25, 0.3) is 6.08 Å². The van der Waals surface area contributed by atoms with Crippen molar-refractivity contribution in [3.8, 4) is 5.75 Å². The molecular formula is C16H12N2O3S. The van der Waals surface area contributed by atoms with Crippen molar-refractivity contribution in [2.45, 2.75) is 0 Å². The highest BCUT2D eigenvalue weighted by Crippen LogP contribution is 2.39. The molecule has 2 aromatic rings. The summed E-state index contributed by atoms with van der Waals surface area (Å²) in [5.74, 6) is 0.106. The molecule has 2 heterocycles. The maximum absolute atomic E-state index is 12.5. The Bertz CT molecular complexity index is 759. The Morgan fingerprint density at radius 3 is 2.64 bits per heavy atom. The number of carbonyl (C=O) groups excluding carboxylic acids is 2. The van der Waals surface area contributed by atoms with Gasteiger partial charge in [-0.3, -0.25) is 14.6 Å². The summed E-state index contributed by atoms with van der Waals surface area (Å²) in [6.45, 7) is 0. The molecule has 1 saturated heterocycles. The summed E-state index contributed by atoms with van der Waals surface area (Å²) in [7, 11) is 1.50. The molecule has 1 aromatic heterocycles. The minimum atomic E-state index is -0.370. The van der Waals surface area contributed by atoms with Crippen LogP contribution in [0, 0.1) is 0 Å². The minimum absolute atomic E-state index is 0.342. The van der Waals surface area contributed by atoms with Gasteiger partial charge in [0.1, 0.15) is 5.75 Å². The van der Waals surface area contributed by atoms with Gasteiger partial charge in [0.15, 0.2) is 0 Å². The molecule has 0 bridgehead atoms. The number of imide groups is 1. The van der Waals surface area contributed by atoms with E-state index in [1.165, 1.54) is 7.11 Å². The third-order valence-corrected chi connectivity index (χ3v) is 3.96. The molecule has 0 atom stereocenters. The predicted molar refractivity (Wildman–Crippen MR) is 85.7 cm³/mol. The van der Waals surface area contributed by atoms with Gasteiger partial charge in [-0.05, 0) is 42.1 Å². The topological polar surface area (TPSA) is 59.5 Å². The number of nitrogens with zero attached hydrogens (tertiary/aromatic N) is 2. The van der Waals surface area contributed by atoms with Gasteiger partial charge in [-0.25, -0.2) is 4.90 Å². The van der Waals surface area contributed by atoms with E-state index in [9.17, 15) is 9.59 Å². The molecule has 6 heteroatoms. The smallest absolute Gasteiger partial charge is 0.298 e. The van der Waals surface area contributed by atoms with Gasteiger partial charge in [0.2, 0.25) is 0 Å². The molecule has 1 fully saturated rings. The van der Waals surface area contributed by atoms with E-state index in [0.29, 0.717) is 22.0 Å². The number of benzene rings is 1. The van der Waals surface area contributed by atoms with Crippen LogP contribution in [0.5, 0.6) is 5.75 Å². The molecule has 0 spiro atoms. The first-order valence-corrected chi connectivity index (χ1v) is 7.34. The lowest BCUT2D eigenvalue weighted by molar-refractivity contribution is -0.113. The molecule has 1 aliphatic heterocycles. The first-order valence-electron chi connectivity index (χ1n) is 6.52. The number of para-hydroxylation sites is 2. The zero-order valence-corrected chi connectivity index (χ0v) is 12.5. The Labute approximate surface area is 131 Å². The fourth-order valence-corrected chi connectivity index (χ4v) is 2.90. The largest absolute Gasteiger partial charge is 0.495 e. The molecule has 0 N–H and O–H groups in total. The normalized spacial score (nSPS) is 16.4. The third-order valence-electron chi connectivity index (χ3n) is 3.09. The van der Waals surface area contributed by atoms with Gasteiger partial charge in [-0.1, -0.05) is 18.2 Å². The number of carbonyl (C=O) groups is 2. The Kier molecular flexibility index (Phi) is 3.93. The Hall–Kier alpha value is -2.60. The number of aromatic nitrogens is 1. The van der Waals surface area contributed by atoms with Crippen LogP contribution in [-0.4, -0.2) is 23.2 Å². The van der Waals surface area contributed by atoms with E-state index in [2.05, 4.69) is 4.98 Å². The van der Waals surface area contributed by atoms with Crippen molar-refractivity contribution in [3.63, 3.8) is 0 Å². The standard InChI is InChI=1S/C16H12N2O3S/c1-21-13-8-3-2-7-12(13)18-15(19)14(22-16(18)20)10-11-6-4-5-9-17-11/h2-10H,1H3/b14-10-. The zero-order chi connectivity index (χ0) is 15.5. The minimum Gasteiger partial charge on any atom is -0.495 e. The summed E-state index contributed by atoms with van der Waals surface area (Å²) in [5.41, 5.74) is 1.07. The van der Waals surface area contributed by atoms with Crippen molar-refractivity contribution < 1.29 is 14.3 Å². The SMILES string of the molecule is COc1ccccc1N1C(=O)S/C(=C\c2ccccn2)C1=O. The van der Waals surface area contributed by atoms with Gasteiger partial charge in [0.05, 0.1) is 23.4 Å². The lowest BCUT2D eigenvalue weighted by atomic mass is 10.2. The molecule has 1 aliphatic rings. The van der Waals surface area contributed by atoms with E-state index in [1.807, 2.05) is 6.07 Å². The highest BCUT2D eigenvalue weighted by atomic mass is 32.2. The quantitative estimate of drug-likeness (QED) is 0.814. The van der Waals surface area contributed by atoms with Crippen LogP contribution in [0.3, 0.4) is 0 Å². The van der Waals surface area contributed by atoms with Gasteiger partial charge in [0.25, 0.3) is 11.1 Å². The number of methoxy groups -OCH3 is 1. The van der Waals surface area contributed by atoms with Gasteiger partial charge in [-0.15, -0.1) is 0 Å². The maximum Gasteiger partial charge on any atom is 0.298 e. The van der Waals surface area contributed by atoms with Crippen molar-refractivity contribution in [2.24, 2.45) is 0 Å². The Morgan fingerprint density at radius 1 is 1.14 bits per heavy atom. The number of rotatable bonds is 3. The fraction of sp³-hybridized carbons (Fsp3) is 0.0625. The second-order valence-electron chi connectivity index (χ2n) is 4.44. The first kappa shape index (κ1) is 14.3. The molecule has 5 nitrogen and oxygen atoms in total. The predicted octanol–water partition coefficient (Wildman–Crippen LogP) is 3.33. The van der Waals surface area contributed by atoms with Crippen LogP contribution in [-0.2, 0) is 4.79 Å². The molecule has 2 amide bonds. The van der Waals surface area contributed by atoms with Crippen molar-refractivity contribution in [3.05, 3.63) is 59.3 Å². The lowest BCUT2D eigenvalue weighted by Crippen LogP contribution is -2.28. The van der Waals surface area contributed by atoms with Gasteiger partial charge in [0, 0.05) is 6.20 Å². The van der Waals surface area contributed by atoms with Gasteiger partial charge < -0.3 is 4.74 Å². The number of ether oxygens (including phenoxy) is 1. The van der Waals surface area contributed by atoms with E-state index in [0.717, 1.165) is 16.7 Å². The van der Waals surface area contributed by atoms with E-state index < -0.39 is 0 Å². The summed E-state index contributed by atoms with van der Waals surface area (Å²) in [6.07, 6.45) is 3.25. The van der Waals surface area contributed by atoms with Crippen molar-refractivity contribution >= 4 is 34.7 Å². The maximum atomic E-state index is 12.5. The van der Waals surface area contributed by atoms with E-state index >= 15 is 0 Å². The zero-order valence-electron chi connectivity index (χ0n) is 11.7. The summed E-state index contributed by atoms with van der Waals surface area (Å²) < 4.78 is 5.22. The van der Waals surface area contributed by atoms with Crippen molar-refractivity contribution in [1.82, 2.24) is 4.98 Å². The Balaban J connectivity index is 1.97. The van der Waals surface area contributed by atoms with E-state index in [-0.39, 0.29) is 11.1 Å². The van der Waals surface area contributed by atoms with Gasteiger partial charge >= 0.3 is 0 Å². The molecule has 110 valence electrons. The number of amides is 2. The second kappa shape index (κ2) is 6.03. The van der Waals surface area contributed by atoms with E-state index in [1.54, 1.807) is 48.7 Å². The number of pyridine rings is 1. The molecule has 22 heavy (non-hydrogen) atoms. The average molecular weight is 312 g/mol. The van der Waals surface area contributed by atoms with E-state index in [4.69, 9.17) is 4.74 Å². The number of hydrogen-bond donors (Lipinski definition) is 0. The highest BCUT2D eigenvalue weighted by molar-refractivity contribution is 8.19. The van der Waals surface area contributed by atoms with Crippen LogP contribution < -0.4 is 9.64 Å². The van der Waals surface area contributed by atoms with Crippen LogP contribution in [0.1, 0.15) is 5.69 Å². The molecule has 0 saturated carbocycles. The fourth-order valence-electron chi connectivity index (χ4n) is 2.09. The monoisotopic (exact) mass is 312 g/mol. The Morgan fingerprint density at radius 2 is 1.91 bits per heavy atom. The molecular weight excluding hydrogens is 300 g/mol. The molecule has 1 aromatic carbocycles. The summed E-state index contributed by atoms with van der Waals surface area (Å²) in [5, 5.41) is -0.350. The second-order valence-corrected chi connectivity index (χ2v) is 5.44. The van der Waals surface area contributed by atoms with Gasteiger partial charge in [-0.2, -0.15) is 0 Å². The summed E-state index contributed by atoms with van der Waals surface area (Å²) in [6, 6.07) is 12.3. The van der Waals surface area contributed by atoms with Crippen molar-refractivity contribution in [1.29, 1.82) is 0 Å². The van der Waals surface area contributed by atoms with Crippen LogP contribution in [0.4, 0.5) is 10.5 Å². The van der Waals surface area contributed by atoms with Crippen LogP contribution in [0.15, 0.2) is 53.6 Å². The van der Waals surface area contributed by atoms with Crippen LogP contribution in [0.2, 0.25) is 0 Å². The lowest BCUT2D eigenvalue weighted by Gasteiger charge is -2.15. The summed E-state index contributed by atoms with van der Waals surface area (Å²) in [4.78, 5) is 30.3. The molecule has 0 unspecified atom stereocenters. The third kappa shape index (κ3) is 2.60. The molecule has 0 radical (unpaired) electrons. The number of hydrogen-bond acceptors (Lipinski definition) is 5. The summed E-state index contributed by atoms with van der Waals surface area (Å²) >= 11 is 0.894. The van der Waals surface area contributed by atoms with Crippen molar-refractivity contribution in [2.75, 3.05) is 12.0 Å². The average Bonchev–Trinajstić information content (AvgIpc) is 2.82. The molecule has 0 aliphatic carbocycles. The number of thioether (sulfide) groups is 1.